The number of nitrogens with zero attached hydrogens (tertiary/aromatic N) is 4. The third kappa shape index (κ3) is 3.88. The Morgan fingerprint density at radius 1 is 1.25 bits per heavy atom. The van der Waals surface area contributed by atoms with E-state index in [1.807, 2.05) is 24.3 Å². The molecule has 0 unspecified atom stereocenters. The summed E-state index contributed by atoms with van der Waals surface area (Å²) in [6.45, 7) is 0. The van der Waals surface area contributed by atoms with Crippen LogP contribution in [0.3, 0.4) is 0 Å². The number of nitro groups is 1. The number of amidine groups is 1. The highest BCUT2D eigenvalue weighted by Crippen LogP contribution is 2.34. The van der Waals surface area contributed by atoms with Crippen LogP contribution in [0.25, 0.3) is 16.8 Å². The van der Waals surface area contributed by atoms with E-state index in [1.54, 1.807) is 6.08 Å². The first-order chi connectivity index (χ1) is 13.5. The lowest BCUT2D eigenvalue weighted by Crippen LogP contribution is -2.19. The minimum absolute atomic E-state index is 0.230. The van der Waals surface area contributed by atoms with E-state index in [1.165, 1.54) is 23.9 Å². The summed E-state index contributed by atoms with van der Waals surface area (Å²) in [5, 5.41) is 22.2. The van der Waals surface area contributed by atoms with Crippen molar-refractivity contribution in [1.29, 1.82) is 0 Å². The Hall–Kier alpha value is -2.83. The first-order valence-electron chi connectivity index (χ1n) is 7.62. The molecule has 140 valence electrons. The van der Waals surface area contributed by atoms with E-state index in [9.17, 15) is 14.9 Å². The van der Waals surface area contributed by atoms with E-state index < -0.39 is 4.92 Å². The van der Waals surface area contributed by atoms with Crippen LogP contribution in [0.2, 0.25) is 0 Å². The van der Waals surface area contributed by atoms with Gasteiger partial charge in [0.2, 0.25) is 5.13 Å². The van der Waals surface area contributed by atoms with Gasteiger partial charge in [-0.15, -0.1) is 10.2 Å². The van der Waals surface area contributed by atoms with Gasteiger partial charge in [0, 0.05) is 4.47 Å². The zero-order chi connectivity index (χ0) is 19.7. The lowest BCUT2D eigenvalue weighted by Gasteiger charge is -1.97. The number of hydrogen-bond donors (Lipinski definition) is 1. The summed E-state index contributed by atoms with van der Waals surface area (Å²) in [5.74, 6) is -0.405. The Balaban J connectivity index is 1.54. The maximum atomic E-state index is 12.2. The quantitative estimate of drug-likeness (QED) is 0.336. The normalized spacial score (nSPS) is 16.7. The van der Waals surface area contributed by atoms with Gasteiger partial charge in [0.1, 0.15) is 4.92 Å². The average Bonchev–Trinajstić information content (AvgIpc) is 3.38. The van der Waals surface area contributed by atoms with Crippen LogP contribution >= 0.6 is 39.0 Å². The first-order valence-corrected chi connectivity index (χ1v) is 10.0. The number of carbonyl (C=O) groups is 1. The SMILES string of the molecule is O=C1NC(=Nc2nnc(-c3ccc([N+](=O)[O-])o3)s2)SC1=Cc1ccccc1Br. The number of hydrogen-bond acceptors (Lipinski definition) is 9. The van der Waals surface area contributed by atoms with Gasteiger partial charge in [-0.1, -0.05) is 45.5 Å². The van der Waals surface area contributed by atoms with Crippen LogP contribution in [-0.2, 0) is 4.79 Å². The molecule has 3 aromatic rings. The highest BCUT2D eigenvalue weighted by Gasteiger charge is 2.25. The van der Waals surface area contributed by atoms with Gasteiger partial charge >= 0.3 is 5.88 Å². The first kappa shape index (κ1) is 18.5. The summed E-state index contributed by atoms with van der Waals surface area (Å²) in [6.07, 6.45) is 1.76. The van der Waals surface area contributed by atoms with E-state index in [4.69, 9.17) is 4.42 Å². The van der Waals surface area contributed by atoms with Crippen LogP contribution in [0.15, 0.2) is 55.2 Å². The van der Waals surface area contributed by atoms with Crippen LogP contribution in [0.1, 0.15) is 5.56 Å². The summed E-state index contributed by atoms with van der Waals surface area (Å²) < 4.78 is 5.98. The number of aliphatic imine (C=N–C) groups is 1. The summed E-state index contributed by atoms with van der Waals surface area (Å²) in [4.78, 5) is 27.0. The van der Waals surface area contributed by atoms with Gasteiger partial charge < -0.3 is 9.73 Å². The van der Waals surface area contributed by atoms with E-state index >= 15 is 0 Å². The second-order valence-corrected chi connectivity index (χ2v) is 8.13. The molecule has 1 fully saturated rings. The van der Waals surface area contributed by atoms with E-state index in [0.29, 0.717) is 20.2 Å². The third-order valence-corrected chi connectivity index (χ3v) is 5.90. The summed E-state index contributed by atoms with van der Waals surface area (Å²) in [7, 11) is 0. The highest BCUT2D eigenvalue weighted by atomic mass is 79.9. The molecule has 0 bridgehead atoms. The highest BCUT2D eigenvalue weighted by molar-refractivity contribution is 9.10. The topological polar surface area (TPSA) is 124 Å². The number of nitrogens with one attached hydrogen (secondary N) is 1. The van der Waals surface area contributed by atoms with Crippen molar-refractivity contribution in [3.8, 4) is 10.8 Å². The number of thioether (sulfide) groups is 1. The Kier molecular flexibility index (Phi) is 5.07. The molecule has 1 aromatic carbocycles. The molecular formula is C16H8BrN5O4S2. The van der Waals surface area contributed by atoms with Crippen molar-refractivity contribution in [3.63, 3.8) is 0 Å². The van der Waals surface area contributed by atoms with E-state index in [0.717, 1.165) is 21.4 Å². The number of amides is 1. The van der Waals surface area contributed by atoms with Gasteiger partial charge in [0.05, 0.1) is 11.0 Å². The van der Waals surface area contributed by atoms with Crippen LogP contribution in [-0.4, -0.2) is 26.2 Å². The van der Waals surface area contributed by atoms with E-state index in [2.05, 4.69) is 36.4 Å². The molecule has 0 atom stereocenters. The van der Waals surface area contributed by atoms with Gasteiger partial charge in [0.15, 0.2) is 15.9 Å². The second kappa shape index (κ2) is 7.66. The van der Waals surface area contributed by atoms with Crippen LogP contribution in [0.4, 0.5) is 11.0 Å². The van der Waals surface area contributed by atoms with Crippen molar-refractivity contribution in [3.05, 3.63) is 61.5 Å². The number of rotatable bonds is 4. The van der Waals surface area contributed by atoms with Gasteiger partial charge in [0.25, 0.3) is 5.91 Å². The zero-order valence-corrected chi connectivity index (χ0v) is 16.9. The average molecular weight is 478 g/mol. The number of halogens is 1. The molecule has 0 spiro atoms. The second-order valence-electron chi connectivity index (χ2n) is 5.29. The Morgan fingerprint density at radius 2 is 2.07 bits per heavy atom. The van der Waals surface area contributed by atoms with Crippen LogP contribution < -0.4 is 5.32 Å². The van der Waals surface area contributed by atoms with Gasteiger partial charge in [-0.25, -0.2) is 0 Å². The number of aromatic nitrogens is 2. The Morgan fingerprint density at radius 3 is 2.82 bits per heavy atom. The fourth-order valence-corrected chi connectivity index (χ4v) is 4.16. The summed E-state index contributed by atoms with van der Waals surface area (Å²) in [5.41, 5.74) is 0.874. The van der Waals surface area contributed by atoms with Crippen LogP contribution in [0, 0.1) is 10.1 Å². The van der Waals surface area contributed by atoms with Crippen molar-refractivity contribution in [1.82, 2.24) is 15.5 Å². The van der Waals surface area contributed by atoms with Crippen molar-refractivity contribution < 1.29 is 14.1 Å². The number of benzene rings is 1. The molecule has 1 aliphatic rings. The summed E-state index contributed by atoms with van der Waals surface area (Å²) in [6, 6.07) is 10.2. The predicted molar refractivity (Wildman–Crippen MR) is 109 cm³/mol. The zero-order valence-electron chi connectivity index (χ0n) is 13.7. The van der Waals surface area contributed by atoms with Gasteiger partial charge in [-0.05, 0) is 35.5 Å². The summed E-state index contributed by atoms with van der Waals surface area (Å²) >= 11 is 5.72. The molecule has 1 amide bonds. The minimum atomic E-state index is -0.630. The fraction of sp³-hybridized carbons (Fsp3) is 0. The standard InChI is InChI=1S/C16H8BrN5O4S2/c17-9-4-2-1-3-8(9)7-11-13(23)18-15(27-11)19-16-21-20-14(28-16)10-5-6-12(26-10)22(24)25/h1-7H,(H,18,19,21,23). The fourth-order valence-electron chi connectivity index (χ4n) is 2.20. The molecule has 9 nitrogen and oxygen atoms in total. The largest absolute Gasteiger partial charge is 0.433 e. The van der Waals surface area contributed by atoms with Gasteiger partial charge in [-0.2, -0.15) is 4.99 Å². The molecule has 0 aliphatic carbocycles. The number of furan rings is 1. The molecular weight excluding hydrogens is 470 g/mol. The molecule has 2 aromatic heterocycles. The smallest absolute Gasteiger partial charge is 0.398 e. The molecule has 28 heavy (non-hydrogen) atoms. The van der Waals surface area contributed by atoms with E-state index in [-0.39, 0.29) is 17.6 Å². The van der Waals surface area contributed by atoms with Crippen LogP contribution in [0.5, 0.6) is 0 Å². The van der Waals surface area contributed by atoms with Crippen molar-refractivity contribution in [2.24, 2.45) is 4.99 Å². The molecule has 1 saturated heterocycles. The molecule has 1 aliphatic heterocycles. The molecule has 0 saturated carbocycles. The Labute approximate surface area is 173 Å². The third-order valence-electron chi connectivity index (χ3n) is 3.44. The molecule has 1 N–H and O–H groups in total. The lowest BCUT2D eigenvalue weighted by atomic mass is 10.2. The minimum Gasteiger partial charge on any atom is -0.398 e. The van der Waals surface area contributed by atoms with Crippen molar-refractivity contribution in [2.45, 2.75) is 0 Å². The molecule has 12 heteroatoms. The molecule has 0 radical (unpaired) electrons. The number of carbonyl (C=O) groups excluding carboxylic acids is 1. The van der Waals surface area contributed by atoms with Crippen molar-refractivity contribution in [2.75, 3.05) is 0 Å². The monoisotopic (exact) mass is 477 g/mol. The maximum Gasteiger partial charge on any atom is 0.433 e. The van der Waals surface area contributed by atoms with Crippen molar-refractivity contribution >= 4 is 67.2 Å². The van der Waals surface area contributed by atoms with Gasteiger partial charge in [-0.3, -0.25) is 14.9 Å². The lowest BCUT2D eigenvalue weighted by molar-refractivity contribution is -0.401. The Bertz CT molecular complexity index is 1150. The predicted octanol–water partition coefficient (Wildman–Crippen LogP) is 4.36. The molecule has 4 rings (SSSR count). The maximum absolute atomic E-state index is 12.2. The molecule has 3 heterocycles.